The first kappa shape index (κ1) is 28.9. The molecule has 2 rings (SSSR count). The number of rotatable bonds is 12. The van der Waals surface area contributed by atoms with Crippen LogP contribution in [0.25, 0.3) is 0 Å². The van der Waals surface area contributed by atoms with Crippen molar-refractivity contribution in [3.8, 4) is 5.75 Å². The molecule has 1 aliphatic heterocycles. The second kappa shape index (κ2) is 13.7. The Kier molecular flexibility index (Phi) is 11.0. The molecule has 1 aliphatic rings. The van der Waals surface area contributed by atoms with E-state index >= 15 is 0 Å². The molecule has 36 heavy (non-hydrogen) atoms. The van der Waals surface area contributed by atoms with Gasteiger partial charge in [-0.3, -0.25) is 14.8 Å². The van der Waals surface area contributed by atoms with Crippen molar-refractivity contribution in [2.24, 2.45) is 10.9 Å². The number of hydrogen-bond donors (Lipinski definition) is 2. The first-order valence-electron chi connectivity index (χ1n) is 11.7. The van der Waals surface area contributed by atoms with Gasteiger partial charge in [0, 0.05) is 38.5 Å². The number of benzene rings is 1. The summed E-state index contributed by atoms with van der Waals surface area (Å²) >= 11 is 0. The molecule has 1 heterocycles. The molecule has 0 aromatic heterocycles. The number of aryl methyl sites for hydroxylation is 1. The molecular formula is C25H33F3N4O4. The predicted molar refractivity (Wildman–Crippen MR) is 130 cm³/mol. The van der Waals surface area contributed by atoms with Crippen molar-refractivity contribution in [2.45, 2.75) is 38.8 Å². The third-order valence-electron chi connectivity index (χ3n) is 5.95. The second-order valence-corrected chi connectivity index (χ2v) is 8.31. The standard InChI is InChI=1S/C25H33F3N4O4/c1-4-21(25(26,27)28)23(29-3)31-13-15-32(16-14-31)24(34)19(17-22(33)30-35)8-6-7-18-9-11-20(12-10-18)36-5-2/h4,9-12,19,35H,1,3,5-8,13-17H2,2H3,(H,30,33)/b23-21-. The number of ether oxygens (including phenoxy) is 1. The number of nitrogens with zero attached hydrogens (tertiary/aromatic N) is 3. The van der Waals surface area contributed by atoms with E-state index in [4.69, 9.17) is 9.94 Å². The molecular weight excluding hydrogens is 477 g/mol. The van der Waals surface area contributed by atoms with Gasteiger partial charge in [-0.05, 0) is 50.6 Å². The maximum atomic E-state index is 13.3. The summed E-state index contributed by atoms with van der Waals surface area (Å²) in [7, 11) is 0. The largest absolute Gasteiger partial charge is 0.494 e. The zero-order valence-corrected chi connectivity index (χ0v) is 20.4. The number of carbonyl (C=O) groups is 2. The van der Waals surface area contributed by atoms with E-state index in [9.17, 15) is 22.8 Å². The molecule has 0 saturated carbocycles. The fraction of sp³-hybridized carbons (Fsp3) is 0.480. The number of hydrogen-bond acceptors (Lipinski definition) is 6. The van der Waals surface area contributed by atoms with E-state index in [1.54, 1.807) is 5.48 Å². The number of halogens is 3. The van der Waals surface area contributed by atoms with Crippen molar-refractivity contribution in [3.05, 3.63) is 53.9 Å². The van der Waals surface area contributed by atoms with Gasteiger partial charge in [-0.15, -0.1) is 0 Å². The minimum Gasteiger partial charge on any atom is -0.494 e. The molecule has 1 aromatic rings. The van der Waals surface area contributed by atoms with Crippen LogP contribution in [0, 0.1) is 5.92 Å². The van der Waals surface area contributed by atoms with Gasteiger partial charge in [0.15, 0.2) is 0 Å². The minimum atomic E-state index is -4.63. The summed E-state index contributed by atoms with van der Waals surface area (Å²) in [5.74, 6) is -1.17. The number of hydroxylamine groups is 1. The molecule has 198 valence electrons. The van der Waals surface area contributed by atoms with Crippen molar-refractivity contribution < 1.29 is 32.7 Å². The molecule has 1 unspecified atom stereocenters. The van der Waals surface area contributed by atoms with Crippen LogP contribution in [0.3, 0.4) is 0 Å². The van der Waals surface area contributed by atoms with E-state index in [-0.39, 0.29) is 44.3 Å². The van der Waals surface area contributed by atoms with Crippen LogP contribution in [0.5, 0.6) is 5.75 Å². The molecule has 2 N–H and O–H groups in total. The number of carbonyl (C=O) groups excluding carboxylic acids is 2. The van der Waals surface area contributed by atoms with Crippen molar-refractivity contribution in [2.75, 3.05) is 32.8 Å². The van der Waals surface area contributed by atoms with Gasteiger partial charge in [0.25, 0.3) is 0 Å². The first-order chi connectivity index (χ1) is 17.1. The number of piperazine rings is 1. The average Bonchev–Trinajstić information content (AvgIpc) is 2.86. The number of allylic oxidation sites excluding steroid dienone is 2. The molecule has 1 aromatic carbocycles. The van der Waals surface area contributed by atoms with Gasteiger partial charge in [0.05, 0.1) is 12.2 Å². The van der Waals surface area contributed by atoms with Crippen LogP contribution >= 0.6 is 0 Å². The third-order valence-corrected chi connectivity index (χ3v) is 5.95. The summed E-state index contributed by atoms with van der Waals surface area (Å²) in [6, 6.07) is 7.63. The van der Waals surface area contributed by atoms with E-state index in [1.807, 2.05) is 31.2 Å². The van der Waals surface area contributed by atoms with Gasteiger partial charge in [0.2, 0.25) is 11.8 Å². The molecule has 0 bridgehead atoms. The van der Waals surface area contributed by atoms with Crippen LogP contribution in [0.1, 0.15) is 31.7 Å². The van der Waals surface area contributed by atoms with Gasteiger partial charge < -0.3 is 14.5 Å². The normalized spacial score (nSPS) is 15.6. The zero-order chi connectivity index (χ0) is 26.7. The van der Waals surface area contributed by atoms with E-state index in [1.165, 1.54) is 9.80 Å². The Hall–Kier alpha value is -3.34. The monoisotopic (exact) mass is 510 g/mol. The SMILES string of the molecule is C=C/C(=C(\N=C)N1CCN(C(=O)C(CCCc2ccc(OCC)cc2)CC(=O)NO)CC1)C(F)(F)F. The lowest BCUT2D eigenvalue weighted by molar-refractivity contribution is -0.142. The molecule has 0 spiro atoms. The minimum absolute atomic E-state index is 0.124. The van der Waals surface area contributed by atoms with Gasteiger partial charge in [-0.1, -0.05) is 24.8 Å². The van der Waals surface area contributed by atoms with Crippen molar-refractivity contribution in [3.63, 3.8) is 0 Å². The highest BCUT2D eigenvalue weighted by atomic mass is 19.4. The molecule has 1 atom stereocenters. The summed E-state index contributed by atoms with van der Waals surface area (Å²) in [4.78, 5) is 31.5. The molecule has 1 saturated heterocycles. The molecule has 0 radical (unpaired) electrons. The van der Waals surface area contributed by atoms with Crippen LogP contribution in [0.2, 0.25) is 0 Å². The number of amides is 2. The van der Waals surface area contributed by atoms with Crippen LogP contribution in [-0.2, 0) is 16.0 Å². The van der Waals surface area contributed by atoms with E-state index < -0.39 is 23.6 Å². The fourth-order valence-corrected chi connectivity index (χ4v) is 4.14. The Morgan fingerprint density at radius 2 is 1.81 bits per heavy atom. The maximum absolute atomic E-state index is 13.3. The Bertz CT molecular complexity index is 940. The summed E-state index contributed by atoms with van der Waals surface area (Å²) in [5.41, 5.74) is 1.65. The van der Waals surface area contributed by atoms with Crippen LogP contribution in [-0.4, -0.2) is 72.5 Å². The van der Waals surface area contributed by atoms with Gasteiger partial charge in [-0.2, -0.15) is 13.2 Å². The topological polar surface area (TPSA) is 94.5 Å². The summed E-state index contributed by atoms with van der Waals surface area (Å²) < 4.78 is 45.3. The van der Waals surface area contributed by atoms with E-state index in [2.05, 4.69) is 18.3 Å². The van der Waals surface area contributed by atoms with Gasteiger partial charge in [-0.25, -0.2) is 10.5 Å². The van der Waals surface area contributed by atoms with Crippen LogP contribution in [0.4, 0.5) is 13.2 Å². The fourth-order valence-electron chi connectivity index (χ4n) is 4.14. The van der Waals surface area contributed by atoms with Crippen LogP contribution < -0.4 is 10.2 Å². The third kappa shape index (κ3) is 8.11. The molecule has 0 aliphatic carbocycles. The van der Waals surface area contributed by atoms with E-state index in [0.717, 1.165) is 11.3 Å². The Morgan fingerprint density at radius 3 is 2.31 bits per heavy atom. The zero-order valence-electron chi connectivity index (χ0n) is 20.4. The lowest BCUT2D eigenvalue weighted by Gasteiger charge is -2.38. The molecule has 8 nitrogen and oxygen atoms in total. The van der Waals surface area contributed by atoms with Crippen molar-refractivity contribution in [1.29, 1.82) is 0 Å². The Labute approximate surface area is 209 Å². The van der Waals surface area contributed by atoms with E-state index in [0.29, 0.717) is 31.9 Å². The number of aliphatic imine (C=N–C) groups is 1. The van der Waals surface area contributed by atoms with Gasteiger partial charge in [0.1, 0.15) is 11.6 Å². The van der Waals surface area contributed by atoms with Crippen LogP contribution in [0.15, 0.2) is 53.3 Å². The van der Waals surface area contributed by atoms with Gasteiger partial charge >= 0.3 is 6.18 Å². The lowest BCUT2D eigenvalue weighted by atomic mass is 9.94. The highest BCUT2D eigenvalue weighted by Crippen LogP contribution is 2.31. The number of alkyl halides is 3. The summed E-state index contributed by atoms with van der Waals surface area (Å²) in [6.07, 6.45) is -2.39. The molecule has 1 fully saturated rings. The maximum Gasteiger partial charge on any atom is 0.419 e. The van der Waals surface area contributed by atoms with Crippen molar-refractivity contribution >= 4 is 18.5 Å². The van der Waals surface area contributed by atoms with Crippen molar-refractivity contribution in [1.82, 2.24) is 15.3 Å². The lowest BCUT2D eigenvalue weighted by Crippen LogP contribution is -2.50. The molecule has 11 heteroatoms. The Balaban J connectivity index is 2.02. The predicted octanol–water partition coefficient (Wildman–Crippen LogP) is 3.72. The molecule has 2 amide bonds. The smallest absolute Gasteiger partial charge is 0.419 e. The summed E-state index contributed by atoms with van der Waals surface area (Å²) in [6.45, 7) is 9.55. The Morgan fingerprint density at radius 1 is 1.19 bits per heavy atom. The highest BCUT2D eigenvalue weighted by Gasteiger charge is 2.37. The first-order valence-corrected chi connectivity index (χ1v) is 11.7. The quantitative estimate of drug-likeness (QED) is 0.193. The second-order valence-electron chi connectivity index (χ2n) is 8.31. The number of nitrogens with one attached hydrogen (secondary N) is 1. The summed E-state index contributed by atoms with van der Waals surface area (Å²) in [5, 5.41) is 8.95. The highest BCUT2D eigenvalue weighted by molar-refractivity contribution is 5.85. The average molecular weight is 511 g/mol.